The first-order valence-corrected chi connectivity index (χ1v) is 11.8. The summed E-state index contributed by atoms with van der Waals surface area (Å²) in [5.74, 6) is -0.325. The first-order chi connectivity index (χ1) is 16.7. The summed E-state index contributed by atoms with van der Waals surface area (Å²) in [5, 5.41) is 13.4. The summed E-state index contributed by atoms with van der Waals surface area (Å²) >= 11 is 0. The van der Waals surface area contributed by atoms with E-state index in [2.05, 4.69) is 15.3 Å². The maximum Gasteiger partial charge on any atom is 0.269 e. The number of sulfonamides is 1. The highest BCUT2D eigenvalue weighted by Gasteiger charge is 2.40. The van der Waals surface area contributed by atoms with Crippen LogP contribution in [0.15, 0.2) is 17.1 Å². The molecule has 0 aromatic carbocycles. The Morgan fingerprint density at radius 1 is 1.41 bits per heavy atom. The van der Waals surface area contributed by atoms with Crippen LogP contribution < -0.4 is 10.9 Å². The number of hydrogen-bond donors (Lipinski definition) is 2. The van der Waals surface area contributed by atoms with Gasteiger partial charge in [0.1, 0.15) is 7.02 Å². The predicted octanol–water partition coefficient (Wildman–Crippen LogP) is 2.04. The van der Waals surface area contributed by atoms with E-state index in [-0.39, 0.29) is 23.4 Å². The van der Waals surface area contributed by atoms with Crippen LogP contribution in [-0.2, 0) is 10.0 Å². The summed E-state index contributed by atoms with van der Waals surface area (Å²) in [6.45, 7) is 0.204. The number of aliphatic hydroxyl groups is 1. The maximum atomic E-state index is 14.0. The largest absolute Gasteiger partial charge is 0.388 e. The van der Waals surface area contributed by atoms with Crippen molar-refractivity contribution in [2.45, 2.75) is 63.0 Å². The quantitative estimate of drug-likeness (QED) is 0.678. The van der Waals surface area contributed by atoms with Crippen LogP contribution in [-0.4, -0.2) is 63.4 Å². The molecule has 12 heteroatoms. The average molecular weight is 477 g/mol. The fourth-order valence-electron chi connectivity index (χ4n) is 4.13. The highest BCUT2D eigenvalue weighted by molar-refractivity contribution is 7.88. The average Bonchev–Trinajstić information content (AvgIpc) is 3.06. The second-order valence-electron chi connectivity index (χ2n) is 8.25. The standard InChI is InChI=1S/C20H27F2N5O4S/c1-20(29)7-3-4-15(20)27-17-12(10-14(16(21)22)18(27)28)11-23-19(25-17)24-13-5-8-26(9-6-13)32(2,30)31/h10-11,13,15-16,29H,3-9H2,1-2H3,(H,23,24,25)/t15-,20-/m0/s1/i5D2,6D2,16D. The summed E-state index contributed by atoms with van der Waals surface area (Å²) in [5.41, 5.74) is -3.92. The van der Waals surface area contributed by atoms with Crippen LogP contribution >= 0.6 is 0 Å². The number of pyridine rings is 1. The third-order valence-electron chi connectivity index (χ3n) is 5.85. The molecule has 176 valence electrons. The Morgan fingerprint density at radius 3 is 2.66 bits per heavy atom. The molecule has 0 radical (unpaired) electrons. The van der Waals surface area contributed by atoms with Gasteiger partial charge in [0.2, 0.25) is 16.0 Å². The zero-order valence-corrected chi connectivity index (χ0v) is 18.3. The van der Waals surface area contributed by atoms with Gasteiger partial charge in [0, 0.05) is 36.2 Å². The number of halogens is 2. The van der Waals surface area contributed by atoms with E-state index in [1.807, 2.05) is 0 Å². The molecule has 0 amide bonds. The first kappa shape index (κ1) is 17.3. The van der Waals surface area contributed by atoms with Crippen LogP contribution in [0.1, 0.15) is 63.8 Å². The van der Waals surface area contributed by atoms with E-state index >= 15 is 0 Å². The molecule has 2 aromatic heterocycles. The molecular formula is C20H27F2N5O4S. The van der Waals surface area contributed by atoms with E-state index in [4.69, 9.17) is 6.85 Å². The zero-order valence-electron chi connectivity index (χ0n) is 22.5. The second-order valence-corrected chi connectivity index (χ2v) is 10.2. The molecule has 0 unspecified atom stereocenters. The van der Waals surface area contributed by atoms with Crippen LogP contribution in [0, 0.1) is 0 Å². The van der Waals surface area contributed by atoms with Gasteiger partial charge in [-0.1, -0.05) is 0 Å². The lowest BCUT2D eigenvalue weighted by Crippen LogP contribution is -2.42. The Hall–Kier alpha value is -2.18. The Bertz CT molecular complexity index is 1380. The predicted molar refractivity (Wildman–Crippen MR) is 115 cm³/mol. The van der Waals surface area contributed by atoms with Gasteiger partial charge in [0.25, 0.3) is 12.0 Å². The van der Waals surface area contributed by atoms with Gasteiger partial charge in [-0.3, -0.25) is 9.36 Å². The van der Waals surface area contributed by atoms with Crippen LogP contribution in [0.2, 0.25) is 0 Å². The Labute approximate surface area is 191 Å². The second kappa shape index (κ2) is 8.31. The molecule has 32 heavy (non-hydrogen) atoms. The molecule has 2 aliphatic rings. The van der Waals surface area contributed by atoms with Gasteiger partial charge in [-0.25, -0.2) is 26.5 Å². The highest BCUT2D eigenvalue weighted by Crippen LogP contribution is 2.39. The summed E-state index contributed by atoms with van der Waals surface area (Å²) in [6.07, 6.45) is -6.04. The summed E-state index contributed by atoms with van der Waals surface area (Å²) in [4.78, 5) is 21.3. The minimum absolute atomic E-state index is 0.0345. The topological polar surface area (TPSA) is 117 Å². The lowest BCUT2D eigenvalue weighted by Gasteiger charge is -2.31. The van der Waals surface area contributed by atoms with Gasteiger partial charge in [-0.2, -0.15) is 4.98 Å². The van der Waals surface area contributed by atoms with E-state index in [1.165, 1.54) is 6.92 Å². The maximum absolute atomic E-state index is 14.0. The smallest absolute Gasteiger partial charge is 0.269 e. The van der Waals surface area contributed by atoms with Crippen molar-refractivity contribution in [3.8, 4) is 0 Å². The number of fused-ring (bicyclic) bond motifs is 1. The molecule has 3 heterocycles. The zero-order chi connectivity index (χ0) is 27.8. The third kappa shape index (κ3) is 4.35. The van der Waals surface area contributed by atoms with Gasteiger partial charge in [0.15, 0.2) is 0 Å². The molecule has 1 saturated carbocycles. The van der Waals surface area contributed by atoms with E-state index in [9.17, 15) is 27.1 Å². The Kier molecular flexibility index (Phi) is 4.49. The molecule has 2 fully saturated rings. The van der Waals surface area contributed by atoms with E-state index in [1.54, 1.807) is 0 Å². The molecule has 9 nitrogen and oxygen atoms in total. The number of nitrogens with zero attached hydrogens (tertiary/aromatic N) is 4. The molecular weight excluding hydrogens is 444 g/mol. The molecule has 2 atom stereocenters. The highest BCUT2D eigenvalue weighted by atomic mass is 32.2. The van der Waals surface area contributed by atoms with Crippen LogP contribution in [0.3, 0.4) is 0 Å². The molecule has 0 spiro atoms. The van der Waals surface area contributed by atoms with Gasteiger partial charge in [0.05, 0.1) is 23.5 Å². The number of anilines is 1. The molecule has 2 N–H and O–H groups in total. The fourth-order valence-corrected chi connectivity index (χ4v) is 4.75. The lowest BCUT2D eigenvalue weighted by molar-refractivity contribution is 0.0261. The number of piperidine rings is 1. The van der Waals surface area contributed by atoms with Crippen molar-refractivity contribution in [3.05, 3.63) is 28.2 Å². The van der Waals surface area contributed by atoms with Gasteiger partial charge in [-0.15, -0.1) is 0 Å². The van der Waals surface area contributed by atoms with Gasteiger partial charge < -0.3 is 10.4 Å². The number of alkyl halides is 2. The summed E-state index contributed by atoms with van der Waals surface area (Å²) < 4.78 is 93.9. The summed E-state index contributed by atoms with van der Waals surface area (Å²) in [6, 6.07) is -1.76. The lowest BCUT2D eigenvalue weighted by atomic mass is 9.99. The molecule has 2 aromatic rings. The van der Waals surface area contributed by atoms with Crippen molar-refractivity contribution in [2.24, 2.45) is 0 Å². The first-order valence-electron chi connectivity index (χ1n) is 12.5. The monoisotopic (exact) mass is 476 g/mol. The van der Waals surface area contributed by atoms with Crippen LogP contribution in [0.25, 0.3) is 11.0 Å². The minimum atomic E-state index is -4.23. The van der Waals surface area contributed by atoms with Crippen molar-refractivity contribution in [1.82, 2.24) is 18.8 Å². The number of aromatic nitrogens is 3. The van der Waals surface area contributed by atoms with Crippen molar-refractivity contribution < 1.29 is 29.2 Å². The number of hydrogen-bond acceptors (Lipinski definition) is 7. The van der Waals surface area contributed by atoms with Gasteiger partial charge in [-0.05, 0) is 45.0 Å². The van der Waals surface area contributed by atoms with Gasteiger partial charge >= 0.3 is 0 Å². The molecule has 0 bridgehead atoms. The number of nitrogens with one attached hydrogen (secondary N) is 1. The van der Waals surface area contributed by atoms with E-state index in [0.717, 1.165) is 23.1 Å². The third-order valence-corrected chi connectivity index (χ3v) is 7.05. The summed E-state index contributed by atoms with van der Waals surface area (Å²) in [7, 11) is -3.88. The van der Waals surface area contributed by atoms with E-state index in [0.29, 0.717) is 17.1 Å². The molecule has 1 aliphatic carbocycles. The Balaban J connectivity index is 1.83. The van der Waals surface area contributed by atoms with Crippen molar-refractivity contribution in [2.75, 3.05) is 24.7 Å². The Morgan fingerprint density at radius 2 is 2.09 bits per heavy atom. The molecule has 4 rings (SSSR count). The van der Waals surface area contributed by atoms with Crippen LogP contribution in [0.4, 0.5) is 14.7 Å². The molecule has 1 saturated heterocycles. The van der Waals surface area contributed by atoms with E-state index < -0.39 is 71.1 Å². The number of rotatable bonds is 5. The van der Waals surface area contributed by atoms with Crippen LogP contribution in [0.5, 0.6) is 0 Å². The van der Waals surface area contributed by atoms with Crippen molar-refractivity contribution in [1.29, 1.82) is 0 Å². The normalized spacial score (nSPS) is 31.4. The molecule has 1 aliphatic heterocycles. The van der Waals surface area contributed by atoms with Crippen molar-refractivity contribution in [3.63, 3.8) is 0 Å². The fraction of sp³-hybridized carbons (Fsp3) is 0.650. The minimum Gasteiger partial charge on any atom is -0.388 e. The van der Waals surface area contributed by atoms with Crippen molar-refractivity contribution >= 4 is 27.0 Å². The SMILES string of the molecule is [2H]C(F)(F)c1cc2cnc(NC3C([2H])([2H])CN(S(C)(=O)=O)CC3([2H])[2H])nc2n([C@H]2CCC[C@]2(C)O)c1=O.